The molecule has 7 nitrogen and oxygen atoms in total. The maximum Gasteiger partial charge on any atom is 0.246 e. The first-order chi connectivity index (χ1) is 16.3. The van der Waals surface area contributed by atoms with Crippen LogP contribution >= 0.6 is 11.8 Å². The summed E-state index contributed by atoms with van der Waals surface area (Å²) in [5, 5.41) is 0.401. The molecule has 4 rings (SSSR count). The van der Waals surface area contributed by atoms with Gasteiger partial charge in [0.05, 0.1) is 23.6 Å². The van der Waals surface area contributed by atoms with Crippen LogP contribution in [0.4, 0.5) is 0 Å². The zero-order valence-electron chi connectivity index (χ0n) is 19.2. The van der Waals surface area contributed by atoms with E-state index in [2.05, 4.69) is 4.72 Å². The van der Waals surface area contributed by atoms with Crippen molar-refractivity contribution in [2.75, 3.05) is 12.5 Å². The standard InChI is InChI=1S/C25H26N2O5S2/c1-4-21-20(26-25(32-21)17-8-6-5-7-9-17)15-19-14-18-12-16(10-11-22(18)31-19)13-23(33-2)24(28)27-34(3,29)30/h5-12,14,23H,4,13,15H2,1-3H3,(H,27,28). The summed E-state index contributed by atoms with van der Waals surface area (Å²) in [6.45, 7) is 2.03. The highest BCUT2D eigenvalue weighted by atomic mass is 32.2. The first kappa shape index (κ1) is 24.1. The molecular formula is C25H26N2O5S2. The van der Waals surface area contributed by atoms with E-state index in [1.165, 1.54) is 11.8 Å². The maximum atomic E-state index is 12.3. The van der Waals surface area contributed by atoms with Gasteiger partial charge in [0.2, 0.25) is 21.8 Å². The smallest absolute Gasteiger partial charge is 0.246 e. The lowest BCUT2D eigenvalue weighted by Gasteiger charge is -2.13. The third-order valence-corrected chi connectivity index (χ3v) is 6.90. The number of carbonyl (C=O) groups is 1. The molecule has 1 atom stereocenters. The Labute approximate surface area is 203 Å². The first-order valence-corrected chi connectivity index (χ1v) is 14.0. The zero-order chi connectivity index (χ0) is 24.3. The molecule has 4 aromatic rings. The van der Waals surface area contributed by atoms with Crippen LogP contribution in [0.1, 0.15) is 29.7 Å². The number of thioether (sulfide) groups is 1. The van der Waals surface area contributed by atoms with Gasteiger partial charge in [-0.2, -0.15) is 11.8 Å². The first-order valence-electron chi connectivity index (χ1n) is 10.9. The van der Waals surface area contributed by atoms with Crippen molar-refractivity contribution in [1.82, 2.24) is 9.71 Å². The average molecular weight is 499 g/mol. The van der Waals surface area contributed by atoms with E-state index in [9.17, 15) is 13.2 Å². The van der Waals surface area contributed by atoms with Gasteiger partial charge < -0.3 is 8.83 Å². The summed E-state index contributed by atoms with van der Waals surface area (Å²) in [7, 11) is -3.60. The molecule has 178 valence electrons. The molecule has 0 fully saturated rings. The summed E-state index contributed by atoms with van der Waals surface area (Å²) in [4.78, 5) is 17.0. The van der Waals surface area contributed by atoms with Crippen LogP contribution in [0.25, 0.3) is 22.4 Å². The molecule has 0 radical (unpaired) electrons. The van der Waals surface area contributed by atoms with Gasteiger partial charge in [0, 0.05) is 17.4 Å². The SMILES string of the molecule is CCc1oc(-c2ccccc2)nc1Cc1cc2cc(CC(SC)C(=O)NS(C)(=O)=O)ccc2o1. The number of fused-ring (bicyclic) bond motifs is 1. The maximum absolute atomic E-state index is 12.3. The number of amides is 1. The van der Waals surface area contributed by atoms with Crippen LogP contribution in [0.5, 0.6) is 0 Å². The fourth-order valence-electron chi connectivity index (χ4n) is 3.77. The van der Waals surface area contributed by atoms with E-state index in [1.54, 1.807) is 6.26 Å². The Morgan fingerprint density at radius 1 is 1.12 bits per heavy atom. The highest BCUT2D eigenvalue weighted by Crippen LogP contribution is 2.28. The minimum atomic E-state index is -3.60. The highest BCUT2D eigenvalue weighted by Gasteiger charge is 2.21. The topological polar surface area (TPSA) is 102 Å². The van der Waals surface area contributed by atoms with E-state index in [-0.39, 0.29) is 0 Å². The Kier molecular flexibility index (Phi) is 7.13. The number of furan rings is 1. The van der Waals surface area contributed by atoms with Crippen LogP contribution in [-0.4, -0.2) is 37.1 Å². The molecule has 1 unspecified atom stereocenters. The molecule has 0 saturated carbocycles. The fourth-order valence-corrected chi connectivity index (χ4v) is 4.99. The van der Waals surface area contributed by atoms with Gasteiger partial charge >= 0.3 is 0 Å². The minimum absolute atomic E-state index is 0.405. The molecule has 0 bridgehead atoms. The number of carbonyl (C=O) groups excluding carboxylic acids is 1. The molecule has 0 spiro atoms. The number of benzene rings is 2. The molecule has 1 N–H and O–H groups in total. The van der Waals surface area contributed by atoms with Crippen molar-refractivity contribution in [3.8, 4) is 11.5 Å². The quantitative estimate of drug-likeness (QED) is 0.360. The average Bonchev–Trinajstić information content (AvgIpc) is 3.40. The number of aromatic nitrogens is 1. The van der Waals surface area contributed by atoms with E-state index in [0.29, 0.717) is 18.7 Å². The number of sulfonamides is 1. The van der Waals surface area contributed by atoms with Gasteiger partial charge in [-0.15, -0.1) is 0 Å². The van der Waals surface area contributed by atoms with Crippen molar-refractivity contribution in [2.45, 2.75) is 31.4 Å². The van der Waals surface area contributed by atoms with Crippen LogP contribution in [0.3, 0.4) is 0 Å². The molecule has 1 amide bonds. The van der Waals surface area contributed by atoms with Crippen molar-refractivity contribution in [3.63, 3.8) is 0 Å². The van der Waals surface area contributed by atoms with Crippen molar-refractivity contribution >= 4 is 38.7 Å². The number of nitrogens with one attached hydrogen (secondary N) is 1. The van der Waals surface area contributed by atoms with Gasteiger partial charge in [0.25, 0.3) is 0 Å². The Hall–Kier alpha value is -3.04. The largest absolute Gasteiger partial charge is 0.461 e. The number of nitrogens with zero attached hydrogens (tertiary/aromatic N) is 1. The summed E-state index contributed by atoms with van der Waals surface area (Å²) >= 11 is 1.31. The number of aryl methyl sites for hydroxylation is 1. The summed E-state index contributed by atoms with van der Waals surface area (Å²) in [6.07, 6.45) is 4.40. The summed E-state index contributed by atoms with van der Waals surface area (Å²) in [6, 6.07) is 17.5. The Bertz CT molecular complexity index is 1410. The third kappa shape index (κ3) is 5.71. The predicted molar refractivity (Wildman–Crippen MR) is 134 cm³/mol. The zero-order valence-corrected chi connectivity index (χ0v) is 20.8. The number of oxazole rings is 1. The number of rotatable bonds is 9. The van der Waals surface area contributed by atoms with Crippen molar-refractivity contribution < 1.29 is 22.0 Å². The third-order valence-electron chi connectivity index (χ3n) is 5.38. The van der Waals surface area contributed by atoms with E-state index >= 15 is 0 Å². The second-order valence-corrected chi connectivity index (χ2v) is 10.8. The lowest BCUT2D eigenvalue weighted by molar-refractivity contribution is -0.118. The molecule has 2 aromatic carbocycles. The van der Waals surface area contributed by atoms with Gasteiger partial charge in [-0.05, 0) is 48.6 Å². The second kappa shape index (κ2) is 10.1. The van der Waals surface area contributed by atoms with Crippen LogP contribution in [-0.2, 0) is 34.1 Å². The molecule has 2 heterocycles. The molecule has 34 heavy (non-hydrogen) atoms. The van der Waals surface area contributed by atoms with Gasteiger partial charge in [-0.1, -0.05) is 31.2 Å². The molecule has 0 aliphatic heterocycles. The van der Waals surface area contributed by atoms with Crippen molar-refractivity contribution in [1.29, 1.82) is 0 Å². The van der Waals surface area contributed by atoms with Gasteiger partial charge in [-0.3, -0.25) is 9.52 Å². The molecule has 0 aliphatic rings. The summed E-state index contributed by atoms with van der Waals surface area (Å²) in [5.74, 6) is 1.68. The minimum Gasteiger partial charge on any atom is -0.461 e. The van der Waals surface area contributed by atoms with E-state index in [1.807, 2.05) is 61.5 Å². The molecule has 0 saturated heterocycles. The van der Waals surface area contributed by atoms with Crippen LogP contribution in [0.2, 0.25) is 0 Å². The van der Waals surface area contributed by atoms with Gasteiger partial charge in [0.1, 0.15) is 17.1 Å². The highest BCUT2D eigenvalue weighted by molar-refractivity contribution is 8.00. The second-order valence-electron chi connectivity index (χ2n) is 8.04. The Morgan fingerprint density at radius 2 is 1.88 bits per heavy atom. The normalized spacial score (nSPS) is 12.7. The molecule has 2 aromatic heterocycles. The number of hydrogen-bond acceptors (Lipinski definition) is 7. The molecular weight excluding hydrogens is 472 g/mol. The molecule has 9 heteroatoms. The van der Waals surface area contributed by atoms with Crippen molar-refractivity contribution in [3.05, 3.63) is 77.4 Å². The summed E-state index contributed by atoms with van der Waals surface area (Å²) < 4.78 is 36.9. The van der Waals surface area contributed by atoms with E-state index in [4.69, 9.17) is 13.8 Å². The van der Waals surface area contributed by atoms with Crippen LogP contribution in [0, 0.1) is 0 Å². The Morgan fingerprint density at radius 3 is 2.56 bits per heavy atom. The summed E-state index contributed by atoms with van der Waals surface area (Å²) in [5.41, 5.74) is 3.44. The van der Waals surface area contributed by atoms with Crippen LogP contribution < -0.4 is 4.72 Å². The number of hydrogen-bond donors (Lipinski definition) is 1. The lowest BCUT2D eigenvalue weighted by Crippen LogP contribution is -2.37. The monoisotopic (exact) mass is 498 g/mol. The lowest BCUT2D eigenvalue weighted by atomic mass is 10.1. The van der Waals surface area contributed by atoms with Gasteiger partial charge in [-0.25, -0.2) is 13.4 Å². The van der Waals surface area contributed by atoms with Crippen LogP contribution in [0.15, 0.2) is 63.4 Å². The predicted octanol–water partition coefficient (Wildman–Crippen LogP) is 4.59. The molecule has 0 aliphatic carbocycles. The van der Waals surface area contributed by atoms with E-state index < -0.39 is 21.2 Å². The van der Waals surface area contributed by atoms with Crippen molar-refractivity contribution in [2.24, 2.45) is 0 Å². The van der Waals surface area contributed by atoms with Gasteiger partial charge in [0.15, 0.2) is 0 Å². The Balaban J connectivity index is 1.54. The van der Waals surface area contributed by atoms with E-state index in [0.717, 1.165) is 52.0 Å². The fraction of sp³-hybridized carbons (Fsp3) is 0.280.